The van der Waals surface area contributed by atoms with Crippen LogP contribution in [0.15, 0.2) is 24.5 Å². The average molecular weight is 385 g/mol. The number of nitrogens with one attached hydrogen (secondary N) is 2. The summed E-state index contributed by atoms with van der Waals surface area (Å²) in [6.07, 6.45) is 8.10. The van der Waals surface area contributed by atoms with Gasteiger partial charge in [0.25, 0.3) is 5.91 Å². The topological polar surface area (TPSA) is 88.2 Å². The van der Waals surface area contributed by atoms with E-state index in [0.29, 0.717) is 17.8 Å². The normalized spacial score (nSPS) is 19.3. The van der Waals surface area contributed by atoms with Crippen molar-refractivity contribution >= 4 is 23.0 Å². The lowest BCUT2D eigenvalue weighted by Crippen LogP contribution is -2.38. The molecule has 0 spiro atoms. The molecule has 7 heteroatoms. The van der Waals surface area contributed by atoms with Crippen LogP contribution in [0.2, 0.25) is 0 Å². The number of hydrogen-bond donors (Lipinski definition) is 3. The van der Waals surface area contributed by atoms with Crippen molar-refractivity contribution in [1.29, 1.82) is 0 Å². The molecule has 1 heterocycles. The average Bonchev–Trinajstić information content (AvgIpc) is 3.07. The number of nitrogens with two attached hydrogens (primary N) is 1. The minimum Gasteiger partial charge on any atom is -0.397 e. The van der Waals surface area contributed by atoms with Gasteiger partial charge in [-0.05, 0) is 43.7 Å². The molecule has 152 valence electrons. The van der Waals surface area contributed by atoms with E-state index in [0.717, 1.165) is 48.8 Å². The molecule has 1 aliphatic carbocycles. The summed E-state index contributed by atoms with van der Waals surface area (Å²) in [6.45, 7) is 2.87. The largest absolute Gasteiger partial charge is 0.397 e. The van der Waals surface area contributed by atoms with Crippen molar-refractivity contribution in [3.05, 3.63) is 35.9 Å². The Balaban J connectivity index is 1.85. The lowest BCUT2D eigenvalue weighted by Gasteiger charge is -2.28. The molecule has 0 bridgehead atoms. The predicted molar refractivity (Wildman–Crippen MR) is 115 cm³/mol. The summed E-state index contributed by atoms with van der Waals surface area (Å²) in [6, 6.07) is 3.95. The minimum absolute atomic E-state index is 0.0596. The number of nitrogens with zero attached hydrogens (tertiary/aromatic N) is 3. The Morgan fingerprint density at radius 3 is 2.64 bits per heavy atom. The van der Waals surface area contributed by atoms with Crippen LogP contribution in [0.25, 0.3) is 0 Å². The first kappa shape index (κ1) is 20.0. The maximum absolute atomic E-state index is 13.1. The molecular weight excluding hydrogens is 352 g/mol. The zero-order valence-electron chi connectivity index (χ0n) is 17.3. The Morgan fingerprint density at radius 1 is 1.32 bits per heavy atom. The van der Waals surface area contributed by atoms with Gasteiger partial charge >= 0.3 is 0 Å². The number of imidazole rings is 1. The Morgan fingerprint density at radius 2 is 2.04 bits per heavy atom. The Hall–Kier alpha value is -2.70. The molecule has 3 rings (SSSR count). The van der Waals surface area contributed by atoms with E-state index in [1.54, 1.807) is 12.3 Å². The second kappa shape index (κ2) is 8.54. The molecule has 1 aliphatic rings. The number of anilines is 3. The molecule has 0 atom stereocenters. The van der Waals surface area contributed by atoms with Gasteiger partial charge in [-0.1, -0.05) is 6.92 Å². The second-order valence-electron chi connectivity index (χ2n) is 7.95. The van der Waals surface area contributed by atoms with Crippen LogP contribution in [0.1, 0.15) is 48.8 Å². The van der Waals surface area contributed by atoms with Crippen LogP contribution in [0.5, 0.6) is 0 Å². The number of hydrogen-bond acceptors (Lipinski definition) is 5. The molecule has 7 nitrogen and oxygen atoms in total. The van der Waals surface area contributed by atoms with E-state index in [2.05, 4.69) is 22.5 Å². The Bertz CT molecular complexity index is 822. The Labute approximate surface area is 167 Å². The fraction of sp³-hybridized carbons (Fsp3) is 0.524. The van der Waals surface area contributed by atoms with Crippen LogP contribution >= 0.6 is 0 Å². The maximum Gasteiger partial charge on any atom is 0.253 e. The van der Waals surface area contributed by atoms with Gasteiger partial charge in [-0.2, -0.15) is 0 Å². The van der Waals surface area contributed by atoms with Crippen molar-refractivity contribution in [1.82, 2.24) is 14.9 Å². The van der Waals surface area contributed by atoms with Crippen molar-refractivity contribution in [2.24, 2.45) is 13.0 Å². The van der Waals surface area contributed by atoms with Crippen molar-refractivity contribution in [2.75, 3.05) is 30.0 Å². The summed E-state index contributed by atoms with van der Waals surface area (Å²) < 4.78 is 1.98. The summed E-state index contributed by atoms with van der Waals surface area (Å²) in [4.78, 5) is 19.5. The number of carbonyl (C=O) groups excluding carboxylic acids is 1. The number of aromatic nitrogens is 2. The van der Waals surface area contributed by atoms with Crippen molar-refractivity contribution in [3.63, 3.8) is 0 Å². The van der Waals surface area contributed by atoms with Gasteiger partial charge in [0.1, 0.15) is 5.82 Å². The van der Waals surface area contributed by atoms with E-state index in [1.807, 2.05) is 42.9 Å². The van der Waals surface area contributed by atoms with Crippen LogP contribution in [-0.2, 0) is 13.6 Å². The Kier molecular flexibility index (Phi) is 6.11. The molecule has 1 fully saturated rings. The smallest absolute Gasteiger partial charge is 0.253 e. The van der Waals surface area contributed by atoms with E-state index in [1.165, 1.54) is 0 Å². The molecule has 0 unspecified atom stereocenters. The second-order valence-corrected chi connectivity index (χ2v) is 7.95. The quantitative estimate of drug-likeness (QED) is 0.667. The zero-order valence-corrected chi connectivity index (χ0v) is 17.3. The molecule has 28 heavy (non-hydrogen) atoms. The maximum atomic E-state index is 13.1. The van der Waals surface area contributed by atoms with Crippen LogP contribution in [-0.4, -0.2) is 35.6 Å². The van der Waals surface area contributed by atoms with Crippen LogP contribution in [0.3, 0.4) is 0 Å². The van der Waals surface area contributed by atoms with E-state index in [-0.39, 0.29) is 11.9 Å². The highest BCUT2D eigenvalue weighted by Gasteiger charge is 2.23. The predicted octanol–water partition coefficient (Wildman–Crippen LogP) is 2.99. The van der Waals surface area contributed by atoms with Crippen molar-refractivity contribution in [2.45, 2.75) is 45.2 Å². The summed E-state index contributed by atoms with van der Waals surface area (Å²) >= 11 is 0. The number of nitrogen functional groups attached to an aromatic ring is 1. The number of aryl methyl sites for hydroxylation is 1. The summed E-state index contributed by atoms with van der Waals surface area (Å²) in [5.74, 6) is 1.62. The number of rotatable bonds is 6. The van der Waals surface area contributed by atoms with Gasteiger partial charge in [0.05, 0.1) is 29.2 Å². The monoisotopic (exact) mass is 384 g/mol. The molecule has 1 saturated carbocycles. The third kappa shape index (κ3) is 4.40. The molecule has 1 aromatic heterocycles. The summed E-state index contributed by atoms with van der Waals surface area (Å²) in [7, 11) is 5.77. The molecule has 2 aromatic rings. The molecular formula is C21H32N6O. The zero-order chi connectivity index (χ0) is 20.3. The lowest BCUT2D eigenvalue weighted by atomic mass is 9.87. The highest BCUT2D eigenvalue weighted by atomic mass is 16.1. The van der Waals surface area contributed by atoms with Crippen LogP contribution < -0.4 is 21.3 Å². The lowest BCUT2D eigenvalue weighted by molar-refractivity contribution is 0.0923. The molecule has 0 saturated heterocycles. The molecule has 4 N–H and O–H groups in total. The first-order valence-electron chi connectivity index (χ1n) is 9.98. The van der Waals surface area contributed by atoms with Gasteiger partial charge in [-0.25, -0.2) is 4.98 Å². The molecule has 0 radical (unpaired) electrons. The van der Waals surface area contributed by atoms with E-state index < -0.39 is 0 Å². The van der Waals surface area contributed by atoms with Gasteiger partial charge in [0.2, 0.25) is 0 Å². The standard InChI is InChI=1S/C21H32N6O/c1-14-5-7-15(8-6-14)25-21(28)16-11-17(22)18(23-2)12-19(16)27(4)13-20-24-9-10-26(20)3/h9-12,14-15,23H,5-8,13,22H2,1-4H3,(H,25,28). The van der Waals surface area contributed by atoms with E-state index >= 15 is 0 Å². The molecule has 1 amide bonds. The van der Waals surface area contributed by atoms with Crippen LogP contribution in [0, 0.1) is 5.92 Å². The van der Waals surface area contributed by atoms with E-state index in [4.69, 9.17) is 5.73 Å². The van der Waals surface area contributed by atoms with Gasteiger partial charge in [0.15, 0.2) is 0 Å². The first-order valence-corrected chi connectivity index (χ1v) is 9.98. The summed E-state index contributed by atoms with van der Waals surface area (Å²) in [5, 5.41) is 6.33. The van der Waals surface area contributed by atoms with Gasteiger partial charge in [-0.15, -0.1) is 0 Å². The van der Waals surface area contributed by atoms with Crippen LogP contribution in [0.4, 0.5) is 17.1 Å². The number of amides is 1. The van der Waals surface area contributed by atoms with Gasteiger partial charge in [0, 0.05) is 39.6 Å². The van der Waals surface area contributed by atoms with E-state index in [9.17, 15) is 4.79 Å². The minimum atomic E-state index is -0.0596. The molecule has 1 aromatic carbocycles. The fourth-order valence-corrected chi connectivity index (χ4v) is 3.83. The fourth-order valence-electron chi connectivity index (χ4n) is 3.83. The third-order valence-corrected chi connectivity index (χ3v) is 5.74. The summed E-state index contributed by atoms with van der Waals surface area (Å²) in [5.41, 5.74) is 8.99. The molecule has 0 aliphatic heterocycles. The first-order chi connectivity index (χ1) is 13.4. The SMILES string of the molecule is CNc1cc(N(C)Cc2nccn2C)c(C(=O)NC2CCC(C)CC2)cc1N. The number of carbonyl (C=O) groups is 1. The van der Waals surface area contributed by atoms with Crippen molar-refractivity contribution in [3.8, 4) is 0 Å². The highest BCUT2D eigenvalue weighted by molar-refractivity contribution is 6.02. The van der Waals surface area contributed by atoms with Gasteiger partial charge < -0.3 is 25.8 Å². The number of benzene rings is 1. The highest BCUT2D eigenvalue weighted by Crippen LogP contribution is 2.31. The third-order valence-electron chi connectivity index (χ3n) is 5.74. The van der Waals surface area contributed by atoms with Gasteiger partial charge in [-0.3, -0.25) is 4.79 Å². The van der Waals surface area contributed by atoms with Crippen molar-refractivity contribution < 1.29 is 4.79 Å².